The van der Waals surface area contributed by atoms with Crippen LogP contribution in [-0.4, -0.2) is 14.6 Å². The van der Waals surface area contributed by atoms with Gasteiger partial charge in [-0.25, -0.2) is 0 Å². The SMILES string of the molecule is Cn1cc(CN(Cc2ccccc2)C(=S)Nc2cccc(C(F)(F)F)c2)c2ccccc21. The number of thiocarbonyl (C=S) groups is 1. The van der Waals surface area contributed by atoms with E-state index in [9.17, 15) is 13.2 Å². The first kappa shape index (κ1) is 21.9. The second-order valence-corrected chi connectivity index (χ2v) is 8.02. The van der Waals surface area contributed by atoms with Gasteiger partial charge in [0.25, 0.3) is 0 Å². The highest BCUT2D eigenvalue weighted by Crippen LogP contribution is 2.31. The first-order valence-electron chi connectivity index (χ1n) is 10.1. The third-order valence-electron chi connectivity index (χ3n) is 5.29. The summed E-state index contributed by atoms with van der Waals surface area (Å²) in [5, 5.41) is 4.48. The van der Waals surface area contributed by atoms with Gasteiger partial charge in [0.1, 0.15) is 0 Å². The highest BCUT2D eigenvalue weighted by Gasteiger charge is 2.30. The van der Waals surface area contributed by atoms with Crippen molar-refractivity contribution in [1.82, 2.24) is 9.47 Å². The number of aryl methyl sites for hydroxylation is 1. The molecule has 0 saturated carbocycles. The molecule has 0 amide bonds. The number of anilines is 1. The second kappa shape index (κ2) is 9.04. The van der Waals surface area contributed by atoms with Crippen LogP contribution in [0.5, 0.6) is 0 Å². The van der Waals surface area contributed by atoms with Gasteiger partial charge in [-0.15, -0.1) is 0 Å². The van der Waals surface area contributed by atoms with Crippen LogP contribution in [0.2, 0.25) is 0 Å². The summed E-state index contributed by atoms with van der Waals surface area (Å²) in [6.45, 7) is 1.04. The normalized spacial score (nSPS) is 11.5. The molecule has 0 aliphatic carbocycles. The van der Waals surface area contributed by atoms with E-state index in [0.717, 1.165) is 34.2 Å². The lowest BCUT2D eigenvalue weighted by Gasteiger charge is -2.26. The van der Waals surface area contributed by atoms with Gasteiger partial charge in [0.2, 0.25) is 0 Å². The van der Waals surface area contributed by atoms with Crippen LogP contribution in [0.25, 0.3) is 10.9 Å². The smallest absolute Gasteiger partial charge is 0.350 e. The molecule has 0 bridgehead atoms. The fourth-order valence-electron chi connectivity index (χ4n) is 3.74. The summed E-state index contributed by atoms with van der Waals surface area (Å²) in [7, 11) is 1.99. The van der Waals surface area contributed by atoms with Crippen LogP contribution >= 0.6 is 12.2 Å². The number of nitrogens with zero attached hydrogens (tertiary/aromatic N) is 2. The Morgan fingerprint density at radius 3 is 2.41 bits per heavy atom. The molecule has 7 heteroatoms. The molecule has 1 N–H and O–H groups in total. The lowest BCUT2D eigenvalue weighted by Crippen LogP contribution is -2.33. The van der Waals surface area contributed by atoms with E-state index >= 15 is 0 Å². The van der Waals surface area contributed by atoms with Gasteiger partial charge in [0.15, 0.2) is 5.11 Å². The van der Waals surface area contributed by atoms with Gasteiger partial charge in [-0.1, -0.05) is 54.6 Å². The first-order chi connectivity index (χ1) is 15.3. The van der Waals surface area contributed by atoms with Crippen molar-refractivity contribution < 1.29 is 13.2 Å². The standard InChI is InChI=1S/C25H22F3N3S/c1-30-16-19(22-12-5-6-13-23(22)30)17-31(15-18-8-3-2-4-9-18)24(32)29-21-11-7-10-20(14-21)25(26,27)28/h2-14,16H,15,17H2,1H3,(H,29,32). The lowest BCUT2D eigenvalue weighted by molar-refractivity contribution is -0.137. The quantitative estimate of drug-likeness (QED) is 0.344. The van der Waals surface area contributed by atoms with Gasteiger partial charge < -0.3 is 14.8 Å². The molecular weight excluding hydrogens is 431 g/mol. The van der Waals surface area contributed by atoms with Crippen molar-refractivity contribution in [3.8, 4) is 0 Å². The fraction of sp³-hybridized carbons (Fsp3) is 0.160. The minimum Gasteiger partial charge on any atom is -0.350 e. The monoisotopic (exact) mass is 453 g/mol. The number of fused-ring (bicyclic) bond motifs is 1. The molecule has 0 unspecified atom stereocenters. The number of para-hydroxylation sites is 1. The van der Waals surface area contributed by atoms with E-state index in [1.807, 2.05) is 54.4 Å². The van der Waals surface area contributed by atoms with Crippen LogP contribution in [0.1, 0.15) is 16.7 Å². The van der Waals surface area contributed by atoms with Crippen LogP contribution in [0, 0.1) is 0 Å². The summed E-state index contributed by atoms with van der Waals surface area (Å²) >= 11 is 5.65. The fourth-order valence-corrected chi connectivity index (χ4v) is 3.98. The zero-order chi connectivity index (χ0) is 22.7. The van der Waals surface area contributed by atoms with Crippen LogP contribution < -0.4 is 5.32 Å². The Kier molecular flexibility index (Phi) is 6.19. The van der Waals surface area contributed by atoms with Gasteiger partial charge >= 0.3 is 6.18 Å². The number of benzene rings is 3. The molecule has 1 heterocycles. The Balaban J connectivity index is 1.62. The Hall–Kier alpha value is -3.32. The first-order valence-corrected chi connectivity index (χ1v) is 10.5. The molecule has 0 fully saturated rings. The van der Waals surface area contributed by atoms with Crippen molar-refractivity contribution >= 4 is 33.9 Å². The molecule has 4 aromatic rings. The van der Waals surface area contributed by atoms with E-state index in [0.29, 0.717) is 23.9 Å². The van der Waals surface area contributed by atoms with Crippen LogP contribution in [0.15, 0.2) is 85.1 Å². The molecule has 3 nitrogen and oxygen atoms in total. The van der Waals surface area contributed by atoms with Gasteiger partial charge in [-0.2, -0.15) is 13.2 Å². The predicted octanol–water partition coefficient (Wildman–Crippen LogP) is 6.60. The maximum absolute atomic E-state index is 13.1. The summed E-state index contributed by atoms with van der Waals surface area (Å²) in [5.41, 5.74) is 2.85. The molecule has 1 aromatic heterocycles. The number of nitrogens with one attached hydrogen (secondary N) is 1. The molecule has 0 atom stereocenters. The second-order valence-electron chi connectivity index (χ2n) is 7.63. The summed E-state index contributed by atoms with van der Waals surface area (Å²) in [4.78, 5) is 1.96. The van der Waals surface area contributed by atoms with Crippen LogP contribution in [0.4, 0.5) is 18.9 Å². The van der Waals surface area contributed by atoms with E-state index in [-0.39, 0.29) is 0 Å². The van der Waals surface area contributed by atoms with Crippen LogP contribution in [-0.2, 0) is 26.3 Å². The highest BCUT2D eigenvalue weighted by molar-refractivity contribution is 7.80. The summed E-state index contributed by atoms with van der Waals surface area (Å²) in [6, 6.07) is 23.0. The van der Waals surface area contributed by atoms with E-state index in [1.165, 1.54) is 6.07 Å². The third kappa shape index (κ3) is 4.94. The average molecular weight is 454 g/mol. The van der Waals surface area contributed by atoms with E-state index in [2.05, 4.69) is 28.2 Å². The molecule has 164 valence electrons. The molecule has 0 spiro atoms. The molecule has 0 aliphatic heterocycles. The minimum absolute atomic E-state index is 0.306. The van der Waals surface area contributed by atoms with Crippen molar-refractivity contribution in [2.45, 2.75) is 19.3 Å². The summed E-state index contributed by atoms with van der Waals surface area (Å²) in [5.74, 6) is 0. The number of alkyl halides is 3. The summed E-state index contributed by atoms with van der Waals surface area (Å²) < 4.78 is 41.4. The zero-order valence-electron chi connectivity index (χ0n) is 17.4. The Morgan fingerprint density at radius 1 is 0.938 bits per heavy atom. The van der Waals surface area contributed by atoms with Gasteiger partial charge in [0, 0.05) is 42.9 Å². The van der Waals surface area contributed by atoms with Gasteiger partial charge in [0.05, 0.1) is 5.56 Å². The number of hydrogen-bond donors (Lipinski definition) is 1. The highest BCUT2D eigenvalue weighted by atomic mass is 32.1. The van der Waals surface area contributed by atoms with Crippen molar-refractivity contribution in [3.63, 3.8) is 0 Å². The molecule has 0 saturated heterocycles. The molecule has 0 aliphatic rings. The molecule has 0 radical (unpaired) electrons. The largest absolute Gasteiger partial charge is 0.416 e. The maximum Gasteiger partial charge on any atom is 0.416 e. The number of aromatic nitrogens is 1. The van der Waals surface area contributed by atoms with Crippen LogP contribution in [0.3, 0.4) is 0 Å². The number of halogens is 3. The van der Waals surface area contributed by atoms with E-state index < -0.39 is 11.7 Å². The van der Waals surface area contributed by atoms with Gasteiger partial charge in [-0.05, 0) is 47.6 Å². The van der Waals surface area contributed by atoms with Crippen molar-refractivity contribution in [2.75, 3.05) is 5.32 Å². The van der Waals surface area contributed by atoms with Gasteiger partial charge in [-0.3, -0.25) is 0 Å². The predicted molar refractivity (Wildman–Crippen MR) is 126 cm³/mol. The molecule has 32 heavy (non-hydrogen) atoms. The average Bonchev–Trinajstić information content (AvgIpc) is 3.09. The molecule has 3 aromatic carbocycles. The summed E-state index contributed by atoms with van der Waals surface area (Å²) in [6.07, 6.45) is -2.35. The Bertz CT molecular complexity index is 1230. The van der Waals surface area contributed by atoms with Crippen molar-refractivity contribution in [1.29, 1.82) is 0 Å². The number of rotatable bonds is 5. The van der Waals surface area contributed by atoms with Crippen molar-refractivity contribution in [3.05, 3.63) is 102 Å². The molecular formula is C25H22F3N3S. The lowest BCUT2D eigenvalue weighted by atomic mass is 10.1. The third-order valence-corrected chi connectivity index (χ3v) is 5.65. The minimum atomic E-state index is -4.41. The number of hydrogen-bond acceptors (Lipinski definition) is 1. The van der Waals surface area contributed by atoms with Crippen molar-refractivity contribution in [2.24, 2.45) is 7.05 Å². The van der Waals surface area contributed by atoms with E-state index in [4.69, 9.17) is 12.2 Å². The maximum atomic E-state index is 13.1. The topological polar surface area (TPSA) is 20.2 Å². The Labute approximate surface area is 190 Å². The molecule has 4 rings (SSSR count). The zero-order valence-corrected chi connectivity index (χ0v) is 18.3. The van der Waals surface area contributed by atoms with E-state index in [1.54, 1.807) is 6.07 Å². The Morgan fingerprint density at radius 2 is 1.66 bits per heavy atom.